The highest BCUT2D eigenvalue weighted by Gasteiger charge is 2.35. The summed E-state index contributed by atoms with van der Waals surface area (Å²) in [5, 5.41) is 15.4. The first-order chi connectivity index (χ1) is 15.1. The molecule has 0 atom stereocenters. The maximum absolute atomic E-state index is 13.2. The normalized spacial score (nSPS) is 17.7. The average Bonchev–Trinajstić information content (AvgIpc) is 3.25. The number of rotatable bonds is 4. The van der Waals surface area contributed by atoms with Crippen LogP contribution in [-0.4, -0.2) is 31.5 Å². The molecule has 2 aliphatic rings. The number of hydrazone groups is 1. The maximum atomic E-state index is 13.2. The Morgan fingerprint density at radius 2 is 1.97 bits per heavy atom. The average molecular weight is 459 g/mol. The predicted molar refractivity (Wildman–Crippen MR) is 120 cm³/mol. The molecule has 2 aromatic rings. The van der Waals surface area contributed by atoms with Crippen molar-refractivity contribution in [1.29, 1.82) is 5.41 Å². The van der Waals surface area contributed by atoms with Crippen molar-refractivity contribution in [3.05, 3.63) is 58.4 Å². The SMILES string of the molecule is CCCC1=NN2C(=N)C(=Cc3cc(C)n(-c4cccc(C(F)(F)F)c4)c3C)C(=O)N=C2S1. The largest absolute Gasteiger partial charge is 0.416 e. The monoisotopic (exact) mass is 459 g/mol. The summed E-state index contributed by atoms with van der Waals surface area (Å²) in [7, 11) is 0. The van der Waals surface area contributed by atoms with Crippen LogP contribution in [0.25, 0.3) is 11.8 Å². The number of aryl methyl sites for hydroxylation is 1. The topological polar surface area (TPSA) is 73.8 Å². The van der Waals surface area contributed by atoms with Gasteiger partial charge in [-0.25, -0.2) is 0 Å². The zero-order valence-corrected chi connectivity index (χ0v) is 18.4. The summed E-state index contributed by atoms with van der Waals surface area (Å²) in [4.78, 5) is 16.7. The zero-order valence-electron chi connectivity index (χ0n) is 17.6. The van der Waals surface area contributed by atoms with Crippen LogP contribution in [0.2, 0.25) is 0 Å². The molecular weight excluding hydrogens is 439 g/mol. The highest BCUT2D eigenvalue weighted by Crippen LogP contribution is 2.33. The van der Waals surface area contributed by atoms with Gasteiger partial charge >= 0.3 is 6.18 Å². The predicted octanol–water partition coefficient (Wildman–Crippen LogP) is 5.53. The summed E-state index contributed by atoms with van der Waals surface area (Å²) in [6.45, 7) is 5.55. The minimum Gasteiger partial charge on any atom is -0.318 e. The highest BCUT2D eigenvalue weighted by molar-refractivity contribution is 8.26. The van der Waals surface area contributed by atoms with Crippen LogP contribution in [0.5, 0.6) is 0 Å². The number of nitrogens with one attached hydrogen (secondary N) is 1. The van der Waals surface area contributed by atoms with E-state index in [4.69, 9.17) is 5.41 Å². The van der Waals surface area contributed by atoms with E-state index in [1.165, 1.54) is 22.8 Å². The number of carbonyl (C=O) groups excluding carboxylic acids is 1. The Hall–Kier alpha value is -3.14. The van der Waals surface area contributed by atoms with Gasteiger partial charge in [0.2, 0.25) is 5.17 Å². The van der Waals surface area contributed by atoms with Crippen LogP contribution in [0.4, 0.5) is 13.2 Å². The fourth-order valence-corrected chi connectivity index (χ4v) is 4.64. The van der Waals surface area contributed by atoms with E-state index in [-0.39, 0.29) is 11.4 Å². The standard InChI is InChI=1S/C22H20F3N5OS/c1-4-6-18-28-30-19(26)17(20(31)27-21(30)32-18)10-14-9-12(2)29(13(14)3)16-8-5-7-15(11-16)22(23,24)25/h5,7-11,26H,4,6H2,1-3H3. The van der Waals surface area contributed by atoms with Gasteiger partial charge in [0.15, 0.2) is 5.84 Å². The molecule has 0 fully saturated rings. The molecule has 1 aromatic carbocycles. The van der Waals surface area contributed by atoms with E-state index in [0.29, 0.717) is 27.8 Å². The van der Waals surface area contributed by atoms with Crippen molar-refractivity contribution in [3.8, 4) is 5.69 Å². The minimum absolute atomic E-state index is 0.0672. The molecule has 166 valence electrons. The molecule has 6 nitrogen and oxygen atoms in total. The number of nitrogens with zero attached hydrogens (tertiary/aromatic N) is 4. The van der Waals surface area contributed by atoms with Crippen molar-refractivity contribution in [3.63, 3.8) is 0 Å². The first-order valence-electron chi connectivity index (χ1n) is 9.95. The summed E-state index contributed by atoms with van der Waals surface area (Å²) in [5.74, 6) is -0.604. The number of aromatic nitrogens is 1. The quantitative estimate of drug-likeness (QED) is 0.611. The van der Waals surface area contributed by atoms with Gasteiger partial charge in [-0.3, -0.25) is 10.2 Å². The molecule has 1 N–H and O–H groups in total. The van der Waals surface area contributed by atoms with Crippen LogP contribution in [-0.2, 0) is 11.0 Å². The molecule has 0 saturated carbocycles. The molecule has 2 aliphatic heterocycles. The molecule has 32 heavy (non-hydrogen) atoms. The number of fused-ring (bicyclic) bond motifs is 1. The molecule has 0 radical (unpaired) electrons. The second-order valence-electron chi connectivity index (χ2n) is 7.47. The van der Waals surface area contributed by atoms with Crippen molar-refractivity contribution < 1.29 is 18.0 Å². The molecule has 0 spiro atoms. The Morgan fingerprint density at radius 1 is 1.22 bits per heavy atom. The molecule has 1 aromatic heterocycles. The van der Waals surface area contributed by atoms with Crippen LogP contribution in [0.3, 0.4) is 0 Å². The summed E-state index contributed by atoms with van der Waals surface area (Å²) >= 11 is 1.29. The lowest BCUT2D eigenvalue weighted by atomic mass is 10.1. The van der Waals surface area contributed by atoms with Gasteiger partial charge < -0.3 is 4.57 Å². The molecule has 1 amide bonds. The molecule has 0 aliphatic carbocycles. The van der Waals surface area contributed by atoms with Gasteiger partial charge in [-0.05, 0) is 74.4 Å². The Balaban J connectivity index is 1.73. The van der Waals surface area contributed by atoms with Gasteiger partial charge in [0.1, 0.15) is 5.04 Å². The zero-order chi connectivity index (χ0) is 23.2. The van der Waals surface area contributed by atoms with Crippen molar-refractivity contribution >= 4 is 39.8 Å². The van der Waals surface area contributed by atoms with Crippen LogP contribution >= 0.6 is 11.8 Å². The van der Waals surface area contributed by atoms with E-state index in [1.54, 1.807) is 36.6 Å². The number of thioether (sulfide) groups is 1. The Morgan fingerprint density at radius 3 is 2.66 bits per heavy atom. The smallest absolute Gasteiger partial charge is 0.318 e. The number of halogens is 3. The van der Waals surface area contributed by atoms with E-state index in [2.05, 4.69) is 10.1 Å². The molecule has 0 saturated heterocycles. The molecule has 4 rings (SSSR count). The Bertz CT molecular complexity index is 1220. The van der Waals surface area contributed by atoms with Crippen molar-refractivity contribution in [2.45, 2.75) is 39.8 Å². The number of amides is 1. The number of benzene rings is 1. The molecule has 3 heterocycles. The number of hydrogen-bond donors (Lipinski definition) is 1. The third kappa shape index (κ3) is 3.90. The number of carbonyl (C=O) groups is 1. The Labute approximate surface area is 187 Å². The van der Waals surface area contributed by atoms with Crippen LogP contribution in [0, 0.1) is 19.3 Å². The minimum atomic E-state index is -4.44. The summed E-state index contributed by atoms with van der Waals surface area (Å²) in [6.07, 6.45) is -1.27. The number of aliphatic imine (C=N–C) groups is 1. The second-order valence-corrected chi connectivity index (χ2v) is 8.51. The first kappa shape index (κ1) is 22.1. The maximum Gasteiger partial charge on any atom is 0.416 e. The lowest BCUT2D eigenvalue weighted by Crippen LogP contribution is -2.35. The van der Waals surface area contributed by atoms with Crippen LogP contribution < -0.4 is 0 Å². The van der Waals surface area contributed by atoms with Crippen LogP contribution in [0.15, 0.2) is 46.0 Å². The van der Waals surface area contributed by atoms with E-state index in [0.717, 1.165) is 30.0 Å². The van der Waals surface area contributed by atoms with E-state index in [1.807, 2.05) is 6.92 Å². The van der Waals surface area contributed by atoms with Gasteiger partial charge in [-0.2, -0.15) is 28.3 Å². The number of amidine groups is 2. The molecule has 10 heteroatoms. The van der Waals surface area contributed by atoms with E-state index < -0.39 is 17.6 Å². The van der Waals surface area contributed by atoms with Gasteiger partial charge in [0.25, 0.3) is 5.91 Å². The highest BCUT2D eigenvalue weighted by atomic mass is 32.2. The fourth-order valence-electron chi connectivity index (χ4n) is 3.65. The molecule has 0 unspecified atom stereocenters. The van der Waals surface area contributed by atoms with E-state index in [9.17, 15) is 18.0 Å². The summed E-state index contributed by atoms with van der Waals surface area (Å²) in [6, 6.07) is 6.85. The van der Waals surface area contributed by atoms with Crippen molar-refractivity contribution in [1.82, 2.24) is 9.58 Å². The fraction of sp³-hybridized carbons (Fsp3) is 0.273. The first-order valence-corrected chi connectivity index (χ1v) is 10.8. The summed E-state index contributed by atoms with van der Waals surface area (Å²) in [5.41, 5.74) is 1.69. The van der Waals surface area contributed by atoms with E-state index >= 15 is 0 Å². The van der Waals surface area contributed by atoms with Crippen molar-refractivity contribution in [2.24, 2.45) is 10.1 Å². The van der Waals surface area contributed by atoms with Gasteiger partial charge in [-0.15, -0.1) is 0 Å². The van der Waals surface area contributed by atoms with Gasteiger partial charge in [0, 0.05) is 17.1 Å². The second kappa shape index (κ2) is 8.09. The molecular formula is C22H20F3N5OS. The Kier molecular flexibility index (Phi) is 5.58. The van der Waals surface area contributed by atoms with Crippen molar-refractivity contribution in [2.75, 3.05) is 0 Å². The molecule has 0 bridgehead atoms. The lowest BCUT2D eigenvalue weighted by Gasteiger charge is -2.20. The van der Waals surface area contributed by atoms with Crippen LogP contribution in [0.1, 0.15) is 42.3 Å². The summed E-state index contributed by atoms with van der Waals surface area (Å²) < 4.78 is 41.2. The third-order valence-electron chi connectivity index (χ3n) is 5.16. The lowest BCUT2D eigenvalue weighted by molar-refractivity contribution is -0.137. The number of hydrogen-bond acceptors (Lipinski definition) is 4. The van der Waals surface area contributed by atoms with Gasteiger partial charge in [-0.1, -0.05) is 13.0 Å². The van der Waals surface area contributed by atoms with Gasteiger partial charge in [0.05, 0.1) is 11.1 Å². The third-order valence-corrected chi connectivity index (χ3v) is 6.13. The number of alkyl halides is 3.